The van der Waals surface area contributed by atoms with Crippen LogP contribution in [-0.4, -0.2) is 37.0 Å². The molecule has 0 saturated carbocycles. The normalized spacial score (nSPS) is 11.8. The van der Waals surface area contributed by atoms with Crippen molar-refractivity contribution in [3.05, 3.63) is 46.1 Å². The molecule has 2 aromatic heterocycles. The molecule has 0 unspecified atom stereocenters. The molecule has 2 heterocycles. The number of aromatic nitrogens is 2. The van der Waals surface area contributed by atoms with Crippen LogP contribution in [0.25, 0.3) is 10.7 Å². The third-order valence-corrected chi connectivity index (χ3v) is 6.68. The van der Waals surface area contributed by atoms with Crippen LogP contribution in [0.1, 0.15) is 5.89 Å². The zero-order valence-electron chi connectivity index (χ0n) is 13.3. The fourth-order valence-electron chi connectivity index (χ4n) is 2.09. The molecule has 0 spiro atoms. The predicted octanol–water partition coefficient (Wildman–Crippen LogP) is 3.39. The van der Waals surface area contributed by atoms with E-state index in [1.165, 1.54) is 37.6 Å². The van der Waals surface area contributed by atoms with Crippen molar-refractivity contribution >= 4 is 37.3 Å². The summed E-state index contributed by atoms with van der Waals surface area (Å²) in [6, 6.07) is 8.32. The Labute approximate surface area is 157 Å². The summed E-state index contributed by atoms with van der Waals surface area (Å²) >= 11 is 4.78. The molecule has 0 saturated heterocycles. The molecule has 0 N–H and O–H groups in total. The lowest BCUT2D eigenvalue weighted by atomic mass is 10.3. The highest BCUT2D eigenvalue weighted by Crippen LogP contribution is 2.29. The maximum Gasteiger partial charge on any atom is 0.243 e. The number of ether oxygens (including phenoxy) is 1. The number of halogens is 1. The molecule has 7 nitrogen and oxygen atoms in total. The van der Waals surface area contributed by atoms with E-state index >= 15 is 0 Å². The fourth-order valence-corrected chi connectivity index (χ4v) is 4.58. The first-order chi connectivity index (χ1) is 11.9. The van der Waals surface area contributed by atoms with Crippen LogP contribution in [0.5, 0.6) is 5.75 Å². The molecule has 10 heteroatoms. The summed E-state index contributed by atoms with van der Waals surface area (Å²) in [7, 11) is -0.731. The number of sulfonamides is 1. The van der Waals surface area contributed by atoms with E-state index in [1.807, 2.05) is 17.5 Å². The van der Waals surface area contributed by atoms with Crippen molar-refractivity contribution in [2.45, 2.75) is 11.4 Å². The van der Waals surface area contributed by atoms with E-state index in [2.05, 4.69) is 26.1 Å². The Morgan fingerprint density at radius 1 is 1.36 bits per heavy atom. The van der Waals surface area contributed by atoms with Gasteiger partial charge >= 0.3 is 0 Å². The standard InChI is InChI=1S/C15H14BrN3O4S2/c1-19(9-14-17-15(18-23-14)13-4-3-7-24-13)25(20,21)10-5-6-12(22-2)11(16)8-10/h3-8H,9H2,1-2H3. The lowest BCUT2D eigenvalue weighted by molar-refractivity contribution is 0.337. The monoisotopic (exact) mass is 443 g/mol. The Balaban J connectivity index is 1.80. The van der Waals surface area contributed by atoms with Gasteiger partial charge in [-0.2, -0.15) is 9.29 Å². The molecule has 0 atom stereocenters. The summed E-state index contributed by atoms with van der Waals surface area (Å²) < 4.78 is 37.4. The van der Waals surface area contributed by atoms with E-state index in [9.17, 15) is 8.42 Å². The summed E-state index contributed by atoms with van der Waals surface area (Å²) in [5.74, 6) is 1.23. The van der Waals surface area contributed by atoms with E-state index in [0.29, 0.717) is 16.0 Å². The number of benzene rings is 1. The topological polar surface area (TPSA) is 85.5 Å². The van der Waals surface area contributed by atoms with Crippen molar-refractivity contribution in [1.82, 2.24) is 14.4 Å². The highest BCUT2D eigenvalue weighted by atomic mass is 79.9. The Bertz CT molecular complexity index is 971. The van der Waals surface area contributed by atoms with Crippen molar-refractivity contribution in [2.24, 2.45) is 0 Å². The van der Waals surface area contributed by atoms with Crippen LogP contribution < -0.4 is 4.74 Å². The second kappa shape index (κ2) is 7.24. The quantitative estimate of drug-likeness (QED) is 0.580. The van der Waals surface area contributed by atoms with Gasteiger partial charge in [-0.05, 0) is 45.6 Å². The molecule has 132 valence electrons. The van der Waals surface area contributed by atoms with Gasteiger partial charge in [0.1, 0.15) is 5.75 Å². The van der Waals surface area contributed by atoms with Gasteiger partial charge in [-0.25, -0.2) is 8.42 Å². The summed E-state index contributed by atoms with van der Waals surface area (Å²) in [5.41, 5.74) is 0. The van der Waals surface area contributed by atoms with Gasteiger partial charge in [-0.3, -0.25) is 0 Å². The zero-order valence-corrected chi connectivity index (χ0v) is 16.6. The predicted molar refractivity (Wildman–Crippen MR) is 97.0 cm³/mol. The van der Waals surface area contributed by atoms with E-state index in [1.54, 1.807) is 6.07 Å². The lowest BCUT2D eigenvalue weighted by Crippen LogP contribution is -2.26. The molecule has 0 aliphatic carbocycles. The summed E-state index contributed by atoms with van der Waals surface area (Å²) in [6.45, 7) is -0.0235. The average Bonchev–Trinajstić information content (AvgIpc) is 3.25. The second-order valence-electron chi connectivity index (χ2n) is 5.05. The minimum atomic E-state index is -3.71. The average molecular weight is 444 g/mol. The number of rotatable bonds is 6. The SMILES string of the molecule is COc1ccc(S(=O)(=O)N(C)Cc2nc(-c3cccs3)no2)cc1Br. The summed E-state index contributed by atoms with van der Waals surface area (Å²) in [5, 5.41) is 5.79. The van der Waals surface area contributed by atoms with Gasteiger partial charge in [-0.15, -0.1) is 11.3 Å². The van der Waals surface area contributed by atoms with Crippen LogP contribution in [0.3, 0.4) is 0 Å². The van der Waals surface area contributed by atoms with Crippen LogP contribution in [0, 0.1) is 0 Å². The maximum atomic E-state index is 12.7. The number of hydrogen-bond donors (Lipinski definition) is 0. The molecule has 0 aliphatic heterocycles. The Kier molecular flexibility index (Phi) is 5.23. The highest BCUT2D eigenvalue weighted by molar-refractivity contribution is 9.10. The Morgan fingerprint density at radius 2 is 2.16 bits per heavy atom. The fraction of sp³-hybridized carbons (Fsp3) is 0.200. The van der Waals surface area contributed by atoms with Gasteiger partial charge < -0.3 is 9.26 Å². The van der Waals surface area contributed by atoms with Gasteiger partial charge in [0, 0.05) is 7.05 Å². The molecular weight excluding hydrogens is 430 g/mol. The van der Waals surface area contributed by atoms with Crippen molar-refractivity contribution in [3.63, 3.8) is 0 Å². The smallest absolute Gasteiger partial charge is 0.243 e. The van der Waals surface area contributed by atoms with E-state index in [0.717, 1.165) is 9.18 Å². The molecule has 0 fully saturated rings. The van der Waals surface area contributed by atoms with Crippen LogP contribution in [-0.2, 0) is 16.6 Å². The van der Waals surface area contributed by atoms with Crippen LogP contribution in [0.4, 0.5) is 0 Å². The molecule has 25 heavy (non-hydrogen) atoms. The third kappa shape index (κ3) is 3.76. The van der Waals surface area contributed by atoms with Gasteiger partial charge in [-0.1, -0.05) is 11.2 Å². The van der Waals surface area contributed by atoms with E-state index in [4.69, 9.17) is 9.26 Å². The number of nitrogens with zero attached hydrogens (tertiary/aromatic N) is 3. The first-order valence-corrected chi connectivity index (χ1v) is 10.2. The Hall–Kier alpha value is -1.75. The van der Waals surface area contributed by atoms with Crippen molar-refractivity contribution in [3.8, 4) is 16.5 Å². The molecule has 3 aromatic rings. The van der Waals surface area contributed by atoms with Gasteiger partial charge in [0.25, 0.3) is 0 Å². The molecule has 0 amide bonds. The number of hydrogen-bond acceptors (Lipinski definition) is 7. The minimum Gasteiger partial charge on any atom is -0.496 e. The largest absolute Gasteiger partial charge is 0.496 e. The van der Waals surface area contributed by atoms with Crippen LogP contribution in [0.2, 0.25) is 0 Å². The maximum absolute atomic E-state index is 12.7. The van der Waals surface area contributed by atoms with Crippen molar-refractivity contribution in [2.75, 3.05) is 14.2 Å². The molecular formula is C15H14BrN3O4S2. The van der Waals surface area contributed by atoms with Gasteiger partial charge in [0.15, 0.2) is 0 Å². The van der Waals surface area contributed by atoms with Gasteiger partial charge in [0.2, 0.25) is 21.7 Å². The van der Waals surface area contributed by atoms with Crippen molar-refractivity contribution in [1.29, 1.82) is 0 Å². The molecule has 0 bridgehead atoms. The lowest BCUT2D eigenvalue weighted by Gasteiger charge is -2.15. The highest BCUT2D eigenvalue weighted by Gasteiger charge is 2.24. The number of thiophene rings is 1. The second-order valence-corrected chi connectivity index (χ2v) is 8.89. The first-order valence-electron chi connectivity index (χ1n) is 7.08. The Morgan fingerprint density at radius 3 is 2.80 bits per heavy atom. The summed E-state index contributed by atoms with van der Waals surface area (Å²) in [6.07, 6.45) is 0. The first kappa shape index (κ1) is 18.1. The van der Waals surface area contributed by atoms with Crippen molar-refractivity contribution < 1.29 is 17.7 Å². The van der Waals surface area contributed by atoms with Crippen LogP contribution in [0.15, 0.2) is 49.6 Å². The van der Waals surface area contributed by atoms with E-state index < -0.39 is 10.0 Å². The van der Waals surface area contributed by atoms with Gasteiger partial charge in [0.05, 0.1) is 27.9 Å². The van der Waals surface area contributed by atoms with E-state index in [-0.39, 0.29) is 17.3 Å². The minimum absolute atomic E-state index is 0.0235. The molecule has 1 aromatic carbocycles. The molecule has 0 aliphatic rings. The third-order valence-electron chi connectivity index (χ3n) is 3.40. The zero-order chi connectivity index (χ0) is 18.0. The molecule has 3 rings (SSSR count). The molecule has 0 radical (unpaired) electrons. The summed E-state index contributed by atoms with van der Waals surface area (Å²) in [4.78, 5) is 5.24. The van der Waals surface area contributed by atoms with Crippen LogP contribution >= 0.6 is 27.3 Å². The number of methoxy groups -OCH3 is 1.